The standard InChI is InChI=1S/C13H25N3O3S/c1-13(2)10-15(20(3,17)18)7-11-6-14(4-5-16(11)13)12-8-19-9-12/h11-12H,4-10H2,1-3H3. The van der Waals surface area contributed by atoms with Gasteiger partial charge < -0.3 is 4.74 Å². The van der Waals surface area contributed by atoms with Gasteiger partial charge in [-0.05, 0) is 13.8 Å². The molecule has 1 unspecified atom stereocenters. The predicted molar refractivity (Wildman–Crippen MR) is 77.2 cm³/mol. The number of sulfonamides is 1. The normalized spacial score (nSPS) is 33.6. The number of hydrogen-bond acceptors (Lipinski definition) is 5. The van der Waals surface area contributed by atoms with Crippen LogP contribution in [0.2, 0.25) is 0 Å². The maximum absolute atomic E-state index is 11.9. The molecular weight excluding hydrogens is 278 g/mol. The van der Waals surface area contributed by atoms with Gasteiger partial charge in [0.1, 0.15) is 0 Å². The van der Waals surface area contributed by atoms with Gasteiger partial charge in [0.2, 0.25) is 10.0 Å². The molecule has 1 atom stereocenters. The molecule has 0 aliphatic carbocycles. The minimum atomic E-state index is -3.11. The number of fused-ring (bicyclic) bond motifs is 1. The van der Waals surface area contributed by atoms with Crippen LogP contribution in [0.4, 0.5) is 0 Å². The molecule has 3 saturated heterocycles. The van der Waals surface area contributed by atoms with Crippen molar-refractivity contribution >= 4 is 10.0 Å². The zero-order chi connectivity index (χ0) is 14.5. The second kappa shape index (κ2) is 4.91. The van der Waals surface area contributed by atoms with E-state index in [1.54, 1.807) is 4.31 Å². The van der Waals surface area contributed by atoms with Crippen molar-refractivity contribution in [3.05, 3.63) is 0 Å². The summed E-state index contributed by atoms with van der Waals surface area (Å²) in [5.74, 6) is 0. The Hall–Kier alpha value is -0.210. The van der Waals surface area contributed by atoms with Crippen molar-refractivity contribution in [3.8, 4) is 0 Å². The average Bonchev–Trinajstić information content (AvgIpc) is 2.23. The van der Waals surface area contributed by atoms with Crippen molar-refractivity contribution in [2.75, 3.05) is 52.2 Å². The molecular formula is C13H25N3O3S. The van der Waals surface area contributed by atoms with Crippen LogP contribution in [0.15, 0.2) is 0 Å². The van der Waals surface area contributed by atoms with Crippen molar-refractivity contribution in [2.45, 2.75) is 31.5 Å². The van der Waals surface area contributed by atoms with Crippen LogP contribution in [0.25, 0.3) is 0 Å². The Bertz CT molecular complexity index is 475. The van der Waals surface area contributed by atoms with Gasteiger partial charge >= 0.3 is 0 Å². The van der Waals surface area contributed by atoms with Crippen LogP contribution >= 0.6 is 0 Å². The van der Waals surface area contributed by atoms with Crippen LogP contribution in [-0.4, -0.2) is 92.3 Å². The van der Waals surface area contributed by atoms with Gasteiger partial charge in [-0.2, -0.15) is 4.31 Å². The Morgan fingerprint density at radius 2 is 1.80 bits per heavy atom. The van der Waals surface area contributed by atoms with E-state index in [0.717, 1.165) is 32.8 Å². The predicted octanol–water partition coefficient (Wildman–Crippen LogP) is -0.575. The first-order valence-electron chi connectivity index (χ1n) is 7.31. The van der Waals surface area contributed by atoms with E-state index in [4.69, 9.17) is 4.74 Å². The van der Waals surface area contributed by atoms with Gasteiger partial charge in [0.15, 0.2) is 0 Å². The van der Waals surface area contributed by atoms with E-state index in [0.29, 0.717) is 25.2 Å². The van der Waals surface area contributed by atoms with Crippen molar-refractivity contribution in [1.82, 2.24) is 14.1 Å². The second-order valence-electron chi connectivity index (χ2n) is 6.90. The van der Waals surface area contributed by atoms with Crippen LogP contribution in [-0.2, 0) is 14.8 Å². The third-order valence-electron chi connectivity index (χ3n) is 4.88. The molecule has 6 nitrogen and oxygen atoms in total. The summed E-state index contributed by atoms with van der Waals surface area (Å²) in [4.78, 5) is 4.96. The first kappa shape index (κ1) is 14.7. The molecule has 0 amide bonds. The summed E-state index contributed by atoms with van der Waals surface area (Å²) >= 11 is 0. The van der Waals surface area contributed by atoms with Gasteiger partial charge in [-0.25, -0.2) is 8.42 Å². The maximum atomic E-state index is 11.9. The molecule has 0 spiro atoms. The van der Waals surface area contributed by atoms with Crippen molar-refractivity contribution in [2.24, 2.45) is 0 Å². The molecule has 0 N–H and O–H groups in total. The molecule has 0 aromatic carbocycles. The smallest absolute Gasteiger partial charge is 0.211 e. The van der Waals surface area contributed by atoms with Gasteiger partial charge in [0.05, 0.1) is 25.5 Å². The van der Waals surface area contributed by atoms with Gasteiger partial charge in [0, 0.05) is 44.3 Å². The van der Waals surface area contributed by atoms with E-state index in [-0.39, 0.29) is 5.54 Å². The molecule has 7 heteroatoms. The fourth-order valence-electron chi connectivity index (χ4n) is 3.67. The molecule has 3 aliphatic heterocycles. The first-order chi connectivity index (χ1) is 9.27. The van der Waals surface area contributed by atoms with Crippen LogP contribution < -0.4 is 0 Å². The van der Waals surface area contributed by atoms with Crippen LogP contribution in [0.5, 0.6) is 0 Å². The van der Waals surface area contributed by atoms with E-state index in [1.807, 2.05) is 0 Å². The Labute approximate surface area is 121 Å². The lowest BCUT2D eigenvalue weighted by Gasteiger charge is -2.56. The molecule has 0 saturated carbocycles. The third kappa shape index (κ3) is 2.62. The molecule has 0 bridgehead atoms. The van der Waals surface area contributed by atoms with Gasteiger partial charge in [-0.1, -0.05) is 0 Å². The van der Waals surface area contributed by atoms with Crippen LogP contribution in [0, 0.1) is 0 Å². The monoisotopic (exact) mass is 303 g/mol. The zero-order valence-electron chi connectivity index (χ0n) is 12.6. The van der Waals surface area contributed by atoms with E-state index in [2.05, 4.69) is 23.6 Å². The van der Waals surface area contributed by atoms with E-state index in [9.17, 15) is 8.42 Å². The molecule has 116 valence electrons. The summed E-state index contributed by atoms with van der Waals surface area (Å²) < 4.78 is 30.7. The lowest BCUT2D eigenvalue weighted by atomic mass is 9.93. The highest BCUT2D eigenvalue weighted by molar-refractivity contribution is 7.88. The maximum Gasteiger partial charge on any atom is 0.211 e. The van der Waals surface area contributed by atoms with Gasteiger partial charge in [-0.15, -0.1) is 0 Å². The zero-order valence-corrected chi connectivity index (χ0v) is 13.4. The van der Waals surface area contributed by atoms with Crippen molar-refractivity contribution in [1.29, 1.82) is 0 Å². The number of nitrogens with zero attached hydrogens (tertiary/aromatic N) is 3. The van der Waals surface area contributed by atoms with Crippen molar-refractivity contribution in [3.63, 3.8) is 0 Å². The summed E-state index contributed by atoms with van der Waals surface area (Å²) in [6, 6.07) is 0.830. The fraction of sp³-hybridized carbons (Fsp3) is 1.00. The molecule has 3 rings (SSSR count). The number of ether oxygens (including phenoxy) is 1. The number of hydrogen-bond donors (Lipinski definition) is 0. The molecule has 0 aromatic heterocycles. The molecule has 0 radical (unpaired) electrons. The highest BCUT2D eigenvalue weighted by Crippen LogP contribution is 2.30. The van der Waals surface area contributed by atoms with Crippen LogP contribution in [0.3, 0.4) is 0 Å². The topological polar surface area (TPSA) is 53.1 Å². The third-order valence-corrected chi connectivity index (χ3v) is 6.09. The molecule has 20 heavy (non-hydrogen) atoms. The first-order valence-corrected chi connectivity index (χ1v) is 9.16. The Kier molecular flexibility index (Phi) is 3.62. The van der Waals surface area contributed by atoms with Gasteiger partial charge in [0.25, 0.3) is 0 Å². The fourth-order valence-corrected chi connectivity index (χ4v) is 4.67. The van der Waals surface area contributed by atoms with Crippen LogP contribution in [0.1, 0.15) is 13.8 Å². The summed E-state index contributed by atoms with van der Waals surface area (Å²) in [6.07, 6.45) is 1.32. The summed E-state index contributed by atoms with van der Waals surface area (Å²) in [5.41, 5.74) is -0.0891. The van der Waals surface area contributed by atoms with Crippen molar-refractivity contribution < 1.29 is 13.2 Å². The SMILES string of the molecule is CC1(C)CN(S(C)(=O)=O)CC2CN(C3COC3)CCN21. The largest absolute Gasteiger partial charge is 0.378 e. The summed E-state index contributed by atoms with van der Waals surface area (Å²) in [7, 11) is -3.11. The average molecular weight is 303 g/mol. The Morgan fingerprint density at radius 1 is 1.10 bits per heavy atom. The lowest BCUT2D eigenvalue weighted by Crippen LogP contribution is -2.71. The van der Waals surface area contributed by atoms with E-state index < -0.39 is 10.0 Å². The minimum Gasteiger partial charge on any atom is -0.378 e. The Balaban J connectivity index is 1.76. The molecule has 0 aromatic rings. The number of piperazine rings is 2. The number of rotatable bonds is 2. The van der Waals surface area contributed by atoms with E-state index >= 15 is 0 Å². The second-order valence-corrected chi connectivity index (χ2v) is 8.88. The quantitative estimate of drug-likeness (QED) is 0.683. The molecule has 3 heterocycles. The highest BCUT2D eigenvalue weighted by atomic mass is 32.2. The Morgan fingerprint density at radius 3 is 2.35 bits per heavy atom. The lowest BCUT2D eigenvalue weighted by molar-refractivity contribution is -0.110. The minimum absolute atomic E-state index is 0.0891. The highest BCUT2D eigenvalue weighted by Gasteiger charge is 2.46. The van der Waals surface area contributed by atoms with E-state index in [1.165, 1.54) is 6.26 Å². The summed E-state index contributed by atoms with van der Waals surface area (Å²) in [6.45, 7) is 10.2. The summed E-state index contributed by atoms with van der Waals surface area (Å²) in [5, 5.41) is 0. The molecule has 3 fully saturated rings. The van der Waals surface area contributed by atoms with Gasteiger partial charge in [-0.3, -0.25) is 9.80 Å². The molecule has 3 aliphatic rings.